The maximum absolute atomic E-state index is 6.33. The SMILES string of the molecule is CCC1CCCC(C(N)c2cnnn2C)C1. The molecule has 1 fully saturated rings. The lowest BCUT2D eigenvalue weighted by atomic mass is 9.76. The fourth-order valence-corrected chi connectivity index (χ4v) is 2.87. The van der Waals surface area contributed by atoms with Crippen LogP contribution in [0.25, 0.3) is 0 Å². The second kappa shape index (κ2) is 4.95. The van der Waals surface area contributed by atoms with Crippen molar-refractivity contribution in [3.63, 3.8) is 0 Å². The second-order valence-corrected chi connectivity index (χ2v) is 5.01. The summed E-state index contributed by atoms with van der Waals surface area (Å²) in [5.74, 6) is 1.47. The van der Waals surface area contributed by atoms with Crippen molar-refractivity contribution in [1.29, 1.82) is 0 Å². The summed E-state index contributed by atoms with van der Waals surface area (Å²) in [5, 5.41) is 7.87. The van der Waals surface area contributed by atoms with Gasteiger partial charge in [0.25, 0.3) is 0 Å². The number of hydrogen-bond acceptors (Lipinski definition) is 3. The van der Waals surface area contributed by atoms with Crippen LogP contribution in [-0.4, -0.2) is 15.0 Å². The molecule has 1 aromatic heterocycles. The van der Waals surface area contributed by atoms with Crippen molar-refractivity contribution in [2.24, 2.45) is 24.6 Å². The highest BCUT2D eigenvalue weighted by Gasteiger charge is 2.28. The summed E-state index contributed by atoms with van der Waals surface area (Å²) in [4.78, 5) is 0. The second-order valence-electron chi connectivity index (χ2n) is 5.01. The largest absolute Gasteiger partial charge is 0.322 e. The average Bonchev–Trinajstić information content (AvgIpc) is 2.74. The van der Waals surface area contributed by atoms with E-state index in [0.717, 1.165) is 11.6 Å². The van der Waals surface area contributed by atoms with Crippen molar-refractivity contribution in [3.8, 4) is 0 Å². The average molecular weight is 222 g/mol. The van der Waals surface area contributed by atoms with Crippen molar-refractivity contribution < 1.29 is 0 Å². The Morgan fingerprint density at radius 2 is 2.38 bits per heavy atom. The van der Waals surface area contributed by atoms with Gasteiger partial charge in [0.15, 0.2) is 0 Å². The van der Waals surface area contributed by atoms with Gasteiger partial charge in [-0.1, -0.05) is 31.4 Å². The van der Waals surface area contributed by atoms with Crippen LogP contribution in [0.5, 0.6) is 0 Å². The Bertz CT molecular complexity index is 334. The van der Waals surface area contributed by atoms with E-state index in [0.29, 0.717) is 5.92 Å². The van der Waals surface area contributed by atoms with Crippen LogP contribution < -0.4 is 5.73 Å². The van der Waals surface area contributed by atoms with Gasteiger partial charge in [0.05, 0.1) is 17.9 Å². The van der Waals surface area contributed by atoms with E-state index in [2.05, 4.69) is 17.2 Å². The summed E-state index contributed by atoms with van der Waals surface area (Å²) in [7, 11) is 1.92. The molecule has 2 rings (SSSR count). The highest BCUT2D eigenvalue weighted by molar-refractivity contribution is 5.03. The third kappa shape index (κ3) is 2.26. The van der Waals surface area contributed by atoms with Crippen molar-refractivity contribution in [3.05, 3.63) is 11.9 Å². The first kappa shape index (κ1) is 11.6. The van der Waals surface area contributed by atoms with Gasteiger partial charge in [0.1, 0.15) is 0 Å². The summed E-state index contributed by atoms with van der Waals surface area (Å²) in [6.07, 6.45) is 8.31. The Morgan fingerprint density at radius 1 is 1.56 bits per heavy atom. The number of aromatic nitrogens is 3. The van der Waals surface area contributed by atoms with Gasteiger partial charge in [-0.25, -0.2) is 0 Å². The van der Waals surface area contributed by atoms with Crippen LogP contribution in [0.2, 0.25) is 0 Å². The summed E-state index contributed by atoms with van der Waals surface area (Å²) in [6.45, 7) is 2.28. The van der Waals surface area contributed by atoms with Crippen molar-refractivity contribution in [2.45, 2.75) is 45.1 Å². The van der Waals surface area contributed by atoms with Gasteiger partial charge in [-0.15, -0.1) is 5.10 Å². The molecule has 90 valence electrons. The smallest absolute Gasteiger partial charge is 0.0753 e. The molecule has 1 saturated carbocycles. The molecule has 0 spiro atoms. The number of nitrogens with zero attached hydrogens (tertiary/aromatic N) is 3. The molecule has 0 bridgehead atoms. The van der Waals surface area contributed by atoms with Crippen LogP contribution in [0.3, 0.4) is 0 Å². The molecule has 3 atom stereocenters. The standard InChI is InChI=1S/C12H22N4/c1-3-9-5-4-6-10(7-9)12(13)11-8-14-15-16(11)2/h8-10,12H,3-7,13H2,1-2H3. The van der Waals surface area contributed by atoms with Gasteiger partial charge >= 0.3 is 0 Å². The van der Waals surface area contributed by atoms with Crippen LogP contribution in [-0.2, 0) is 7.05 Å². The topological polar surface area (TPSA) is 56.7 Å². The third-order valence-corrected chi connectivity index (χ3v) is 4.00. The fraction of sp³-hybridized carbons (Fsp3) is 0.833. The minimum Gasteiger partial charge on any atom is -0.322 e. The maximum Gasteiger partial charge on any atom is 0.0753 e. The number of hydrogen-bond donors (Lipinski definition) is 1. The lowest BCUT2D eigenvalue weighted by Gasteiger charge is -2.32. The molecule has 1 aromatic rings. The number of aryl methyl sites for hydroxylation is 1. The number of nitrogens with two attached hydrogens (primary N) is 1. The van der Waals surface area contributed by atoms with E-state index in [4.69, 9.17) is 5.73 Å². The molecule has 0 aromatic carbocycles. The Kier molecular flexibility index (Phi) is 3.59. The zero-order valence-electron chi connectivity index (χ0n) is 10.3. The quantitative estimate of drug-likeness (QED) is 0.851. The zero-order valence-corrected chi connectivity index (χ0v) is 10.3. The van der Waals surface area contributed by atoms with Gasteiger partial charge in [-0.2, -0.15) is 0 Å². The Hall–Kier alpha value is -0.900. The van der Waals surface area contributed by atoms with E-state index in [-0.39, 0.29) is 6.04 Å². The van der Waals surface area contributed by atoms with Crippen LogP contribution in [0.1, 0.15) is 50.8 Å². The lowest BCUT2D eigenvalue weighted by molar-refractivity contribution is 0.226. The first-order chi connectivity index (χ1) is 7.72. The van der Waals surface area contributed by atoms with Crippen molar-refractivity contribution >= 4 is 0 Å². The first-order valence-electron chi connectivity index (χ1n) is 6.32. The first-order valence-corrected chi connectivity index (χ1v) is 6.32. The van der Waals surface area contributed by atoms with Gasteiger partial charge < -0.3 is 5.73 Å². The van der Waals surface area contributed by atoms with E-state index in [1.807, 2.05) is 7.05 Å². The summed E-state index contributed by atoms with van der Waals surface area (Å²) < 4.78 is 1.81. The van der Waals surface area contributed by atoms with Crippen molar-refractivity contribution in [2.75, 3.05) is 0 Å². The van der Waals surface area contributed by atoms with E-state index in [1.165, 1.54) is 32.1 Å². The van der Waals surface area contributed by atoms with Gasteiger partial charge in [-0.3, -0.25) is 4.68 Å². The fourth-order valence-electron chi connectivity index (χ4n) is 2.87. The van der Waals surface area contributed by atoms with E-state index >= 15 is 0 Å². The summed E-state index contributed by atoms with van der Waals surface area (Å²) >= 11 is 0. The lowest BCUT2D eigenvalue weighted by Crippen LogP contribution is -2.28. The van der Waals surface area contributed by atoms with Crippen LogP contribution in [0, 0.1) is 11.8 Å². The molecule has 4 heteroatoms. The molecule has 3 unspecified atom stereocenters. The normalized spacial score (nSPS) is 27.9. The molecule has 1 aliphatic carbocycles. The molecule has 0 saturated heterocycles. The van der Waals surface area contributed by atoms with Crippen molar-refractivity contribution in [1.82, 2.24) is 15.0 Å². The molecule has 0 aliphatic heterocycles. The molecule has 0 amide bonds. The molecular formula is C12H22N4. The number of rotatable bonds is 3. The highest BCUT2D eigenvalue weighted by atomic mass is 15.4. The van der Waals surface area contributed by atoms with Gasteiger partial charge in [-0.05, 0) is 24.7 Å². The Balaban J connectivity index is 2.04. The molecule has 1 heterocycles. The minimum atomic E-state index is 0.106. The summed E-state index contributed by atoms with van der Waals surface area (Å²) in [6, 6.07) is 0.106. The zero-order chi connectivity index (χ0) is 11.5. The maximum atomic E-state index is 6.33. The van der Waals surface area contributed by atoms with Gasteiger partial charge in [0.2, 0.25) is 0 Å². The predicted octanol–water partition coefficient (Wildman–Crippen LogP) is 2.03. The van der Waals surface area contributed by atoms with Crippen LogP contribution in [0.4, 0.5) is 0 Å². The molecule has 4 nitrogen and oxygen atoms in total. The third-order valence-electron chi connectivity index (χ3n) is 4.00. The van der Waals surface area contributed by atoms with E-state index in [9.17, 15) is 0 Å². The Morgan fingerprint density at radius 3 is 3.00 bits per heavy atom. The molecule has 16 heavy (non-hydrogen) atoms. The molecule has 2 N–H and O–H groups in total. The monoisotopic (exact) mass is 222 g/mol. The molecular weight excluding hydrogens is 200 g/mol. The van der Waals surface area contributed by atoms with Crippen LogP contribution in [0.15, 0.2) is 6.20 Å². The Labute approximate surface area is 97.2 Å². The molecule has 0 radical (unpaired) electrons. The van der Waals surface area contributed by atoms with Crippen LogP contribution >= 0.6 is 0 Å². The van der Waals surface area contributed by atoms with E-state index in [1.54, 1.807) is 10.9 Å². The van der Waals surface area contributed by atoms with Gasteiger partial charge in [0, 0.05) is 7.05 Å². The minimum absolute atomic E-state index is 0.106. The molecule has 1 aliphatic rings. The summed E-state index contributed by atoms with van der Waals surface area (Å²) in [5.41, 5.74) is 7.40. The highest BCUT2D eigenvalue weighted by Crippen LogP contribution is 2.36. The van der Waals surface area contributed by atoms with E-state index < -0.39 is 0 Å². The predicted molar refractivity (Wildman–Crippen MR) is 63.7 cm³/mol.